The van der Waals surface area contributed by atoms with Gasteiger partial charge in [-0.05, 0) is 39.2 Å². The Bertz CT molecular complexity index is 2150. The Morgan fingerprint density at radius 1 is 0.674 bits per heavy atom. The van der Waals surface area contributed by atoms with Gasteiger partial charge >= 0.3 is 5.97 Å². The fourth-order valence-electron chi connectivity index (χ4n) is 5.36. The number of fused-ring (bicyclic) bond motifs is 2. The van der Waals surface area contributed by atoms with Crippen LogP contribution in [0.4, 0.5) is 11.4 Å². The fraction of sp³-hybridized carbons (Fsp3) is 0.0286. The number of nitrogens with zero attached hydrogens (tertiary/aromatic N) is 2. The highest BCUT2D eigenvalue weighted by Crippen LogP contribution is 2.45. The number of non-ortho nitro benzene ring substituents is 2. The van der Waals surface area contributed by atoms with E-state index >= 15 is 0 Å². The van der Waals surface area contributed by atoms with E-state index < -0.39 is 39.1 Å². The predicted molar refractivity (Wildman–Crippen MR) is 171 cm³/mol. The Morgan fingerprint density at radius 3 is 1.83 bits per heavy atom. The van der Waals surface area contributed by atoms with E-state index in [4.69, 9.17) is 4.74 Å². The number of carbonyl (C=O) groups is 2. The molecule has 0 saturated carbocycles. The third-order valence-corrected chi connectivity index (χ3v) is 7.49. The highest BCUT2D eigenvalue weighted by molar-refractivity contribution is 6.10. The van der Waals surface area contributed by atoms with E-state index in [9.17, 15) is 34.9 Å². The fourth-order valence-corrected chi connectivity index (χ4v) is 5.36. The van der Waals surface area contributed by atoms with Gasteiger partial charge in [-0.25, -0.2) is 4.79 Å². The maximum Gasteiger partial charge on any atom is 0.338 e. The number of benzene rings is 6. The monoisotopic (exact) mass is 613 g/mol. The summed E-state index contributed by atoms with van der Waals surface area (Å²) < 4.78 is 6.01. The van der Waals surface area contributed by atoms with Gasteiger partial charge in [-0.1, -0.05) is 91.0 Å². The third-order valence-electron chi connectivity index (χ3n) is 7.49. The molecular weight excluding hydrogens is 590 g/mol. The molecule has 0 aliphatic rings. The topological polar surface area (TPSA) is 162 Å². The molecule has 226 valence electrons. The third kappa shape index (κ3) is 5.67. The van der Waals surface area contributed by atoms with Crippen LogP contribution in [0.25, 0.3) is 32.7 Å². The minimum Gasteiger partial charge on any atom is -0.507 e. The van der Waals surface area contributed by atoms with Crippen molar-refractivity contribution < 1.29 is 29.3 Å². The van der Waals surface area contributed by atoms with Crippen LogP contribution >= 0.6 is 0 Å². The van der Waals surface area contributed by atoms with Crippen molar-refractivity contribution in [2.24, 2.45) is 0 Å². The highest BCUT2D eigenvalue weighted by Gasteiger charge is 2.29. The lowest BCUT2D eigenvalue weighted by Gasteiger charge is -2.21. The molecule has 0 aliphatic heterocycles. The van der Waals surface area contributed by atoms with E-state index in [1.165, 1.54) is 0 Å². The zero-order valence-corrected chi connectivity index (χ0v) is 23.8. The van der Waals surface area contributed by atoms with Crippen LogP contribution < -0.4 is 10.1 Å². The van der Waals surface area contributed by atoms with Gasteiger partial charge in [0.05, 0.1) is 21.5 Å². The summed E-state index contributed by atoms with van der Waals surface area (Å²) >= 11 is 0. The summed E-state index contributed by atoms with van der Waals surface area (Å²) in [4.78, 5) is 48.5. The van der Waals surface area contributed by atoms with Gasteiger partial charge in [0.15, 0.2) is 6.04 Å². The lowest BCUT2D eigenvalue weighted by molar-refractivity contribution is -0.394. The molecule has 0 unspecified atom stereocenters. The van der Waals surface area contributed by atoms with Crippen LogP contribution in [-0.4, -0.2) is 26.8 Å². The van der Waals surface area contributed by atoms with Gasteiger partial charge in [-0.15, -0.1) is 0 Å². The van der Waals surface area contributed by atoms with Crippen LogP contribution in [0.2, 0.25) is 0 Å². The molecule has 0 heterocycles. The second-order valence-corrected chi connectivity index (χ2v) is 10.3. The van der Waals surface area contributed by atoms with E-state index in [0.29, 0.717) is 22.1 Å². The SMILES string of the molecule is O=C(N[C@H](C(=O)Oc1ccc2ccccc2c1-c1c(O)ccc2ccccc12)c1ccccc1)c1cc([N+](=O)[O-])cc([N+](=O)[O-])c1. The number of nitro groups is 2. The van der Waals surface area contributed by atoms with E-state index in [1.807, 2.05) is 48.5 Å². The zero-order chi connectivity index (χ0) is 32.4. The molecule has 6 aromatic rings. The van der Waals surface area contributed by atoms with Gasteiger partial charge in [0.1, 0.15) is 11.5 Å². The molecule has 6 aromatic carbocycles. The highest BCUT2D eigenvalue weighted by atomic mass is 16.6. The largest absolute Gasteiger partial charge is 0.507 e. The molecule has 46 heavy (non-hydrogen) atoms. The Balaban J connectivity index is 1.44. The summed E-state index contributed by atoms with van der Waals surface area (Å²) in [6.45, 7) is 0. The molecule has 2 N–H and O–H groups in total. The number of phenolic OH excluding ortho intramolecular Hbond substituents is 1. The van der Waals surface area contributed by atoms with Crippen LogP contribution in [0.1, 0.15) is 22.0 Å². The number of amides is 1. The molecule has 0 aliphatic carbocycles. The maximum atomic E-state index is 14.0. The molecule has 11 heteroatoms. The molecule has 6 rings (SSSR count). The van der Waals surface area contributed by atoms with Crippen molar-refractivity contribution in [3.8, 4) is 22.6 Å². The zero-order valence-electron chi connectivity index (χ0n) is 23.8. The first kappa shape index (κ1) is 29.5. The predicted octanol–water partition coefficient (Wildman–Crippen LogP) is 7.26. The number of ether oxygens (including phenoxy) is 1. The summed E-state index contributed by atoms with van der Waals surface area (Å²) in [6.07, 6.45) is 0. The van der Waals surface area contributed by atoms with Crippen LogP contribution in [-0.2, 0) is 4.79 Å². The number of hydrogen-bond acceptors (Lipinski definition) is 8. The normalized spacial score (nSPS) is 11.6. The number of nitrogens with one attached hydrogen (secondary N) is 1. The number of hydrogen-bond donors (Lipinski definition) is 2. The molecular formula is C35H23N3O8. The lowest BCUT2D eigenvalue weighted by atomic mass is 9.92. The first-order valence-corrected chi connectivity index (χ1v) is 14.0. The number of rotatable bonds is 8. The Hall–Kier alpha value is -6.62. The van der Waals surface area contributed by atoms with Crippen LogP contribution in [0, 0.1) is 20.2 Å². The quantitative estimate of drug-likeness (QED) is 0.0784. The molecule has 1 amide bonds. The molecule has 0 bridgehead atoms. The van der Waals surface area contributed by atoms with Gasteiger partial charge < -0.3 is 15.2 Å². The van der Waals surface area contributed by atoms with Gasteiger partial charge in [0.2, 0.25) is 0 Å². The molecule has 0 aromatic heterocycles. The van der Waals surface area contributed by atoms with Crippen molar-refractivity contribution in [2.45, 2.75) is 6.04 Å². The van der Waals surface area contributed by atoms with Gasteiger partial charge in [-0.2, -0.15) is 0 Å². The van der Waals surface area contributed by atoms with E-state index in [1.54, 1.807) is 54.6 Å². The standard InChI is InChI=1S/C35H23N3O8/c39-29-16-14-21-8-4-6-12-27(21)31(29)32-28-13-7-5-9-22(28)15-17-30(32)46-35(41)33(23-10-2-1-3-11-23)36-34(40)24-18-25(37(42)43)20-26(19-24)38(44)45/h1-20,33,39H,(H,36,40)/t33-/m0/s1. The average molecular weight is 614 g/mol. The number of carbonyl (C=O) groups excluding carboxylic acids is 2. The summed E-state index contributed by atoms with van der Waals surface area (Å²) in [6, 6.07) is 30.9. The summed E-state index contributed by atoms with van der Waals surface area (Å²) in [5, 5.41) is 39.6. The van der Waals surface area contributed by atoms with Crippen molar-refractivity contribution in [1.29, 1.82) is 0 Å². The molecule has 0 radical (unpaired) electrons. The van der Waals surface area contributed by atoms with Crippen LogP contribution in [0.5, 0.6) is 11.5 Å². The minimum absolute atomic E-state index is 0.0347. The summed E-state index contributed by atoms with van der Waals surface area (Å²) in [5.41, 5.74) is -0.476. The van der Waals surface area contributed by atoms with Crippen molar-refractivity contribution in [3.05, 3.63) is 153 Å². The lowest BCUT2D eigenvalue weighted by Crippen LogP contribution is -2.36. The second-order valence-electron chi connectivity index (χ2n) is 10.3. The number of phenols is 1. The smallest absolute Gasteiger partial charge is 0.338 e. The van der Waals surface area contributed by atoms with Gasteiger partial charge in [0, 0.05) is 23.3 Å². The van der Waals surface area contributed by atoms with Crippen LogP contribution in [0.15, 0.2) is 121 Å². The van der Waals surface area contributed by atoms with Gasteiger partial charge in [0.25, 0.3) is 17.3 Å². The first-order chi connectivity index (χ1) is 22.2. The van der Waals surface area contributed by atoms with Crippen molar-refractivity contribution in [3.63, 3.8) is 0 Å². The molecule has 0 spiro atoms. The molecule has 1 atom stereocenters. The number of nitro benzene ring substituents is 2. The summed E-state index contributed by atoms with van der Waals surface area (Å²) in [5.74, 6) is -1.80. The Morgan fingerprint density at radius 2 is 1.22 bits per heavy atom. The minimum atomic E-state index is -1.42. The van der Waals surface area contributed by atoms with Crippen LogP contribution in [0.3, 0.4) is 0 Å². The average Bonchev–Trinajstić information content (AvgIpc) is 3.07. The molecule has 11 nitrogen and oxygen atoms in total. The Kier molecular flexibility index (Phi) is 7.79. The maximum absolute atomic E-state index is 14.0. The number of esters is 1. The van der Waals surface area contributed by atoms with Gasteiger partial charge in [-0.3, -0.25) is 25.0 Å². The van der Waals surface area contributed by atoms with E-state index in [0.717, 1.165) is 34.4 Å². The van der Waals surface area contributed by atoms with Crippen molar-refractivity contribution in [1.82, 2.24) is 5.32 Å². The van der Waals surface area contributed by atoms with E-state index in [-0.39, 0.29) is 17.1 Å². The molecule has 0 saturated heterocycles. The second kappa shape index (κ2) is 12.2. The Labute approximate surface area is 260 Å². The molecule has 0 fully saturated rings. The number of aromatic hydroxyl groups is 1. The first-order valence-electron chi connectivity index (χ1n) is 14.0. The van der Waals surface area contributed by atoms with Crippen molar-refractivity contribution in [2.75, 3.05) is 0 Å². The van der Waals surface area contributed by atoms with Crippen molar-refractivity contribution >= 4 is 44.8 Å². The summed E-state index contributed by atoms with van der Waals surface area (Å²) in [7, 11) is 0. The van der Waals surface area contributed by atoms with E-state index in [2.05, 4.69) is 5.32 Å².